The van der Waals surface area contributed by atoms with Crippen LogP contribution in [0.25, 0.3) is 0 Å². The summed E-state index contributed by atoms with van der Waals surface area (Å²) in [4.78, 5) is 37.6. The van der Waals surface area contributed by atoms with E-state index in [1.54, 1.807) is 0 Å². The van der Waals surface area contributed by atoms with Gasteiger partial charge in [0, 0.05) is 12.8 Å². The number of allylic oxidation sites excluding steroid dienone is 5. The molecule has 0 spiro atoms. The minimum Gasteiger partial charge on any atom is -0.456 e. The van der Waals surface area contributed by atoms with E-state index >= 15 is 0 Å². The minimum atomic E-state index is -4.45. The molecule has 0 aliphatic rings. The first kappa shape index (κ1) is 70.2. The topological polar surface area (TPSA) is 111 Å². The Morgan fingerprint density at radius 1 is 0.472 bits per heavy atom. The van der Waals surface area contributed by atoms with E-state index in [1.165, 1.54) is 193 Å². The molecule has 1 amide bonds. The second kappa shape index (κ2) is 52.7. The van der Waals surface area contributed by atoms with Crippen molar-refractivity contribution in [2.75, 3.05) is 40.9 Å². The number of amides is 1. The van der Waals surface area contributed by atoms with Crippen molar-refractivity contribution in [3.8, 4) is 0 Å². The number of rotatable bonds is 56. The van der Waals surface area contributed by atoms with Crippen molar-refractivity contribution in [2.45, 2.75) is 309 Å². The molecule has 0 aliphatic heterocycles. The molecule has 10 heteroatoms. The largest absolute Gasteiger partial charge is 0.472 e. The van der Waals surface area contributed by atoms with E-state index in [0.29, 0.717) is 17.4 Å². The van der Waals surface area contributed by atoms with Crippen molar-refractivity contribution in [1.82, 2.24) is 5.32 Å². The summed E-state index contributed by atoms with van der Waals surface area (Å²) >= 11 is 0. The lowest BCUT2D eigenvalue weighted by molar-refractivity contribution is -0.870. The number of likely N-dealkylation sites (N-methyl/N-ethyl adjacent to an activating group) is 1. The lowest BCUT2D eigenvalue weighted by Gasteiger charge is -2.27. The molecular formula is C62H120N2O7P+. The number of hydrogen-bond donors (Lipinski definition) is 2. The molecule has 0 heterocycles. The van der Waals surface area contributed by atoms with E-state index in [4.69, 9.17) is 13.8 Å². The van der Waals surface area contributed by atoms with Crippen molar-refractivity contribution < 1.29 is 37.3 Å². The highest BCUT2D eigenvalue weighted by atomic mass is 31.2. The molecule has 0 bridgehead atoms. The van der Waals surface area contributed by atoms with Crippen LogP contribution in [0.1, 0.15) is 297 Å². The summed E-state index contributed by atoms with van der Waals surface area (Å²) in [5.74, 6) is -0.515. The van der Waals surface area contributed by atoms with Gasteiger partial charge in [0.1, 0.15) is 19.3 Å². The van der Waals surface area contributed by atoms with Gasteiger partial charge in [0.05, 0.1) is 33.8 Å². The number of nitrogens with one attached hydrogen (secondary N) is 1. The van der Waals surface area contributed by atoms with E-state index < -0.39 is 20.0 Å². The first-order valence-electron chi connectivity index (χ1n) is 30.8. The Hall–Kier alpha value is -1.77. The highest BCUT2D eigenvalue weighted by molar-refractivity contribution is 7.47. The molecule has 3 unspecified atom stereocenters. The summed E-state index contributed by atoms with van der Waals surface area (Å²) in [6.45, 7) is 7.01. The predicted octanol–water partition coefficient (Wildman–Crippen LogP) is 18.7. The first-order valence-corrected chi connectivity index (χ1v) is 32.3. The highest BCUT2D eigenvalue weighted by Gasteiger charge is 2.30. The number of esters is 1. The average Bonchev–Trinajstić information content (AvgIpc) is 3.34. The van der Waals surface area contributed by atoms with Gasteiger partial charge in [-0.05, 0) is 83.1 Å². The van der Waals surface area contributed by atoms with Crippen LogP contribution in [0.15, 0.2) is 36.5 Å². The fraction of sp³-hybridized carbons (Fsp3) is 0.871. The fourth-order valence-electron chi connectivity index (χ4n) is 8.99. The zero-order chi connectivity index (χ0) is 52.9. The lowest BCUT2D eigenvalue weighted by Crippen LogP contribution is -2.47. The Balaban J connectivity index is 5.20. The number of phosphoric ester groups is 1. The maximum absolute atomic E-state index is 13.5. The summed E-state index contributed by atoms with van der Waals surface area (Å²) in [5.41, 5.74) is 0. The summed E-state index contributed by atoms with van der Waals surface area (Å²) in [7, 11) is 1.50. The van der Waals surface area contributed by atoms with Crippen molar-refractivity contribution >= 4 is 19.7 Å². The second-order valence-corrected chi connectivity index (χ2v) is 23.7. The monoisotopic (exact) mass is 1040 g/mol. The number of carbonyl (C=O) groups excluding carboxylic acids is 2. The Morgan fingerprint density at radius 2 is 0.806 bits per heavy atom. The predicted molar refractivity (Wildman–Crippen MR) is 309 cm³/mol. The van der Waals surface area contributed by atoms with Crippen LogP contribution in [0.2, 0.25) is 0 Å². The molecular weight excluding hydrogens is 916 g/mol. The summed E-state index contributed by atoms with van der Waals surface area (Å²) < 4.78 is 30.6. The van der Waals surface area contributed by atoms with Gasteiger partial charge in [-0.15, -0.1) is 0 Å². The average molecular weight is 1040 g/mol. The molecule has 0 rings (SSSR count). The quantitative estimate of drug-likeness (QED) is 0.0205. The van der Waals surface area contributed by atoms with Crippen LogP contribution in [0, 0.1) is 0 Å². The maximum Gasteiger partial charge on any atom is 0.472 e. The number of hydrogen-bond acceptors (Lipinski definition) is 6. The normalized spacial score (nSPS) is 13.9. The molecule has 0 aromatic rings. The Kier molecular flexibility index (Phi) is 51.4. The van der Waals surface area contributed by atoms with E-state index in [9.17, 15) is 19.0 Å². The van der Waals surface area contributed by atoms with Gasteiger partial charge in [-0.2, -0.15) is 0 Å². The number of nitrogens with zero attached hydrogens (tertiary/aromatic N) is 1. The zero-order valence-electron chi connectivity index (χ0n) is 48.4. The van der Waals surface area contributed by atoms with E-state index in [0.717, 1.165) is 70.6 Å². The number of ether oxygens (including phenoxy) is 1. The molecule has 0 aromatic carbocycles. The van der Waals surface area contributed by atoms with Crippen LogP contribution in [0.4, 0.5) is 0 Å². The fourth-order valence-corrected chi connectivity index (χ4v) is 9.72. The van der Waals surface area contributed by atoms with Crippen molar-refractivity contribution in [3.63, 3.8) is 0 Å². The summed E-state index contributed by atoms with van der Waals surface area (Å²) in [6.07, 6.45) is 62.8. The Morgan fingerprint density at radius 3 is 1.19 bits per heavy atom. The molecule has 0 aromatic heterocycles. The SMILES string of the molecule is CCCCCCCC/C=C\CCCCCC(=O)OC(/C=C\CCCCCCCCCCCC)C(COP(=O)(O)OCC[N+](C)(C)C)NC(=O)CCCCCCCCCCCCC/C=C/CCCCCCCC. The van der Waals surface area contributed by atoms with Gasteiger partial charge in [0.25, 0.3) is 0 Å². The smallest absolute Gasteiger partial charge is 0.456 e. The molecule has 3 atom stereocenters. The maximum atomic E-state index is 13.5. The molecule has 0 radical (unpaired) electrons. The Bertz CT molecular complexity index is 1330. The first-order chi connectivity index (χ1) is 34.9. The van der Waals surface area contributed by atoms with Crippen molar-refractivity contribution in [1.29, 1.82) is 0 Å². The van der Waals surface area contributed by atoms with E-state index in [2.05, 4.69) is 50.4 Å². The number of unbranched alkanes of at least 4 members (excludes halogenated alkanes) is 36. The van der Waals surface area contributed by atoms with Crippen LogP contribution in [-0.2, 0) is 27.9 Å². The van der Waals surface area contributed by atoms with Gasteiger partial charge in [0.2, 0.25) is 5.91 Å². The van der Waals surface area contributed by atoms with Gasteiger partial charge in [-0.1, -0.05) is 237 Å². The van der Waals surface area contributed by atoms with Crippen LogP contribution in [0.5, 0.6) is 0 Å². The Labute approximate surface area is 446 Å². The standard InChI is InChI=1S/C62H119N2O7P/c1-7-10-13-16-19-22-25-28-29-30-31-32-33-34-35-37-39-42-45-48-51-54-61(65)63-59(58-70-72(67,68)69-57-56-64(4,5)6)60(53-50-47-44-41-38-27-24-21-18-15-12-9-3)71-62(66)55-52-49-46-43-40-36-26-23-20-17-14-11-8-2/h28-29,36,40,50,53,59-60H,7-27,30-35,37-39,41-49,51-52,54-58H2,1-6H3,(H-,63,65,67,68)/p+1/b29-28+,40-36-,53-50-. The van der Waals surface area contributed by atoms with Crippen molar-refractivity contribution in [3.05, 3.63) is 36.5 Å². The molecule has 9 nitrogen and oxygen atoms in total. The van der Waals surface area contributed by atoms with Gasteiger partial charge >= 0.3 is 13.8 Å². The molecule has 72 heavy (non-hydrogen) atoms. The van der Waals surface area contributed by atoms with E-state index in [-0.39, 0.29) is 31.5 Å². The van der Waals surface area contributed by atoms with Gasteiger partial charge in [-0.3, -0.25) is 18.6 Å². The van der Waals surface area contributed by atoms with Gasteiger partial charge in [0.15, 0.2) is 0 Å². The third kappa shape index (κ3) is 53.1. The van der Waals surface area contributed by atoms with Gasteiger partial charge in [-0.25, -0.2) is 4.57 Å². The molecule has 0 saturated carbocycles. The second-order valence-electron chi connectivity index (χ2n) is 22.2. The number of phosphoric acid groups is 1. The summed E-state index contributed by atoms with van der Waals surface area (Å²) in [5, 5.41) is 3.05. The van der Waals surface area contributed by atoms with Crippen LogP contribution < -0.4 is 5.32 Å². The van der Waals surface area contributed by atoms with Gasteiger partial charge < -0.3 is 19.4 Å². The number of carbonyl (C=O) groups is 2. The molecule has 0 aliphatic carbocycles. The third-order valence-corrected chi connectivity index (χ3v) is 14.8. The molecule has 424 valence electrons. The summed E-state index contributed by atoms with van der Waals surface area (Å²) in [6, 6.07) is -0.851. The van der Waals surface area contributed by atoms with E-state index in [1.807, 2.05) is 33.3 Å². The molecule has 2 N–H and O–H groups in total. The minimum absolute atomic E-state index is 0.0396. The molecule has 0 saturated heterocycles. The van der Waals surface area contributed by atoms with Crippen LogP contribution in [0.3, 0.4) is 0 Å². The zero-order valence-corrected chi connectivity index (χ0v) is 49.3. The highest BCUT2D eigenvalue weighted by Crippen LogP contribution is 2.43. The van der Waals surface area contributed by atoms with Crippen molar-refractivity contribution in [2.24, 2.45) is 0 Å². The van der Waals surface area contributed by atoms with Crippen LogP contribution >= 0.6 is 7.82 Å². The third-order valence-electron chi connectivity index (χ3n) is 13.8. The number of quaternary nitrogens is 1. The lowest BCUT2D eigenvalue weighted by atomic mass is 10.0. The van der Waals surface area contributed by atoms with Crippen LogP contribution in [-0.4, -0.2) is 74.3 Å². The molecule has 0 fully saturated rings.